The van der Waals surface area contributed by atoms with Gasteiger partial charge in [-0.25, -0.2) is 4.58 Å². The molecule has 15 nitrogen and oxygen atoms in total. The van der Waals surface area contributed by atoms with Crippen molar-refractivity contribution in [1.82, 2.24) is 0 Å². The molecule has 0 radical (unpaired) electrons. The van der Waals surface area contributed by atoms with E-state index in [9.17, 15) is 46.2 Å². The molecule has 0 atom stereocenters. The third-order valence-electron chi connectivity index (χ3n) is 6.91. The Kier molecular flexibility index (Phi) is 9.25. The number of nitrogens with one attached hydrogen (secondary N) is 1. The van der Waals surface area contributed by atoms with E-state index in [0.29, 0.717) is 23.3 Å². The number of nitrogens with zero attached hydrogens (tertiary/aromatic N) is 4. The highest BCUT2D eigenvalue weighted by Crippen LogP contribution is 2.40. The zero-order valence-electron chi connectivity index (χ0n) is 24.8. The summed E-state index contributed by atoms with van der Waals surface area (Å²) in [6.07, 6.45) is 6.87. The Hall–Kier alpha value is -5.23. The minimum Gasteiger partial charge on any atom is -0.378 e. The molecule has 0 aromatic heterocycles. The largest absolute Gasteiger partial charge is 0.378 e. The van der Waals surface area contributed by atoms with Crippen LogP contribution >= 0.6 is 0 Å². The SMILES string of the molecule is CN(C)c1ccc(C(=C2C=CC(=[N+](C)C)C=C2)c2cc(Nc3ccc([N+](=O)[O-])cc3[N+](=O)[O-])c(S(=O)(=O)O)cc2S(=O)(=O)O)cc1. The second-order valence-electron chi connectivity index (χ2n) is 10.4. The molecule has 0 aliphatic heterocycles. The molecule has 3 aromatic rings. The number of benzene rings is 3. The molecular formula is C29H28N5O10S2+. The van der Waals surface area contributed by atoms with Gasteiger partial charge in [-0.05, 0) is 59.2 Å². The van der Waals surface area contributed by atoms with Crippen LogP contribution in [0.3, 0.4) is 0 Å². The first-order valence-electron chi connectivity index (χ1n) is 13.1. The topological polar surface area (TPSA) is 213 Å². The number of hydrogen-bond acceptors (Lipinski definition) is 10. The number of hydrogen-bond donors (Lipinski definition) is 3. The molecule has 0 spiro atoms. The fraction of sp³-hybridized carbons (Fsp3) is 0.138. The molecular weight excluding hydrogens is 642 g/mol. The van der Waals surface area contributed by atoms with E-state index in [-0.39, 0.29) is 11.1 Å². The van der Waals surface area contributed by atoms with E-state index in [2.05, 4.69) is 5.32 Å². The summed E-state index contributed by atoms with van der Waals surface area (Å²) >= 11 is 0. The molecule has 3 N–H and O–H groups in total. The van der Waals surface area contributed by atoms with Gasteiger partial charge in [-0.1, -0.05) is 12.1 Å². The summed E-state index contributed by atoms with van der Waals surface area (Å²) in [7, 11) is -3.12. The maximum atomic E-state index is 12.8. The van der Waals surface area contributed by atoms with E-state index in [1.807, 2.05) is 37.7 Å². The van der Waals surface area contributed by atoms with Crippen molar-refractivity contribution in [3.8, 4) is 0 Å². The zero-order valence-corrected chi connectivity index (χ0v) is 26.4. The first-order valence-corrected chi connectivity index (χ1v) is 16.0. The van der Waals surface area contributed by atoms with Gasteiger partial charge >= 0.3 is 0 Å². The van der Waals surface area contributed by atoms with Gasteiger partial charge in [0.05, 0.1) is 21.6 Å². The molecule has 1 aliphatic carbocycles. The van der Waals surface area contributed by atoms with Gasteiger partial charge in [-0.2, -0.15) is 16.8 Å². The van der Waals surface area contributed by atoms with Crippen molar-refractivity contribution < 1.29 is 40.4 Å². The average Bonchev–Trinajstić information content (AvgIpc) is 2.96. The maximum absolute atomic E-state index is 12.8. The van der Waals surface area contributed by atoms with Crippen LogP contribution < -0.4 is 10.2 Å². The Labute approximate surface area is 263 Å². The zero-order chi connectivity index (χ0) is 34.1. The summed E-state index contributed by atoms with van der Waals surface area (Å²) in [5.74, 6) is 0. The first-order chi connectivity index (χ1) is 21.4. The lowest BCUT2D eigenvalue weighted by atomic mass is 9.90. The minimum absolute atomic E-state index is 0.214. The summed E-state index contributed by atoms with van der Waals surface area (Å²) in [6.45, 7) is 0. The Morgan fingerprint density at radius 2 is 1.35 bits per heavy atom. The van der Waals surface area contributed by atoms with E-state index in [1.54, 1.807) is 48.6 Å². The summed E-state index contributed by atoms with van der Waals surface area (Å²) in [4.78, 5) is 21.1. The van der Waals surface area contributed by atoms with Gasteiger partial charge in [0.25, 0.3) is 31.6 Å². The lowest BCUT2D eigenvalue weighted by molar-refractivity contribution is -0.462. The predicted octanol–water partition coefficient (Wildman–Crippen LogP) is 4.45. The van der Waals surface area contributed by atoms with Gasteiger partial charge in [-0.15, -0.1) is 0 Å². The molecule has 0 saturated heterocycles. The van der Waals surface area contributed by atoms with Crippen LogP contribution in [-0.2, 0) is 20.2 Å². The number of non-ortho nitro benzene ring substituents is 1. The summed E-state index contributed by atoms with van der Waals surface area (Å²) in [5, 5.41) is 25.5. The fourth-order valence-corrected chi connectivity index (χ4v) is 6.08. The summed E-state index contributed by atoms with van der Waals surface area (Å²) in [6, 6.07) is 11.0. The van der Waals surface area contributed by atoms with Crippen LogP contribution in [0.5, 0.6) is 0 Å². The van der Waals surface area contributed by atoms with E-state index >= 15 is 0 Å². The summed E-state index contributed by atoms with van der Waals surface area (Å²) < 4.78 is 72.8. The van der Waals surface area contributed by atoms with Gasteiger partial charge in [0, 0.05) is 43.6 Å². The fourth-order valence-electron chi connectivity index (χ4n) is 4.65. The maximum Gasteiger partial charge on any atom is 0.299 e. The smallest absolute Gasteiger partial charge is 0.299 e. The van der Waals surface area contributed by atoms with Crippen molar-refractivity contribution in [3.63, 3.8) is 0 Å². The number of nitro benzene ring substituents is 2. The molecule has 0 unspecified atom stereocenters. The molecule has 0 saturated carbocycles. The third-order valence-corrected chi connectivity index (χ3v) is 8.70. The predicted molar refractivity (Wildman–Crippen MR) is 171 cm³/mol. The number of rotatable bonds is 9. The Morgan fingerprint density at radius 3 is 1.83 bits per heavy atom. The van der Waals surface area contributed by atoms with Crippen LogP contribution in [0.2, 0.25) is 0 Å². The van der Waals surface area contributed by atoms with Crippen LogP contribution in [-0.4, -0.2) is 74.3 Å². The second kappa shape index (κ2) is 12.6. The van der Waals surface area contributed by atoms with Crippen molar-refractivity contribution in [1.29, 1.82) is 0 Å². The van der Waals surface area contributed by atoms with Crippen LogP contribution in [0, 0.1) is 20.2 Å². The van der Waals surface area contributed by atoms with Crippen molar-refractivity contribution in [2.45, 2.75) is 9.79 Å². The molecule has 240 valence electrons. The lowest BCUT2D eigenvalue weighted by Crippen LogP contribution is -2.12. The Bertz CT molecular complexity index is 2100. The molecule has 46 heavy (non-hydrogen) atoms. The van der Waals surface area contributed by atoms with Crippen LogP contribution in [0.15, 0.2) is 94.3 Å². The normalized spacial score (nSPS) is 13.0. The second-order valence-corrected chi connectivity index (χ2v) is 13.2. The van der Waals surface area contributed by atoms with Crippen LogP contribution in [0.25, 0.3) is 5.57 Å². The average molecular weight is 671 g/mol. The molecule has 1 aliphatic rings. The van der Waals surface area contributed by atoms with Crippen molar-refractivity contribution >= 4 is 60.0 Å². The standard InChI is InChI=1S/C29H27N5O10S2/c1-31(2)20-9-5-18(6-10-20)29(19-7-11-21(12-8-19)32(3)4)23-16-25(28(46(42,43)44)17-27(23)45(39,40)41)30-24-14-13-22(33(35)36)15-26(24)34(37)38/h5-17,30H,1-4H3,(H-,39,40,41,42,43,44)/p+1. The van der Waals surface area contributed by atoms with Gasteiger partial charge in [0.1, 0.15) is 29.6 Å². The van der Waals surface area contributed by atoms with Crippen molar-refractivity contribution in [2.75, 3.05) is 38.4 Å². The van der Waals surface area contributed by atoms with Crippen molar-refractivity contribution in [3.05, 3.63) is 116 Å². The van der Waals surface area contributed by atoms with E-state index in [4.69, 9.17) is 0 Å². The number of allylic oxidation sites excluding steroid dienone is 5. The highest BCUT2D eigenvalue weighted by molar-refractivity contribution is 7.86. The van der Waals surface area contributed by atoms with Gasteiger partial charge in [-0.3, -0.25) is 29.3 Å². The molecule has 0 bridgehead atoms. The van der Waals surface area contributed by atoms with E-state index < -0.39 is 62.6 Å². The molecule has 0 amide bonds. The Balaban J connectivity index is 2.11. The molecule has 3 aromatic carbocycles. The van der Waals surface area contributed by atoms with Gasteiger partial charge in [0.2, 0.25) is 0 Å². The summed E-state index contributed by atoms with van der Waals surface area (Å²) in [5.41, 5.74) is 0.133. The van der Waals surface area contributed by atoms with Crippen molar-refractivity contribution in [2.24, 2.45) is 0 Å². The Morgan fingerprint density at radius 1 is 0.761 bits per heavy atom. The molecule has 4 rings (SSSR count). The first kappa shape index (κ1) is 33.7. The van der Waals surface area contributed by atoms with E-state index in [0.717, 1.165) is 29.6 Å². The third kappa shape index (κ3) is 7.18. The van der Waals surface area contributed by atoms with Crippen LogP contribution in [0.1, 0.15) is 11.1 Å². The number of nitro groups is 2. The molecule has 0 heterocycles. The number of anilines is 3. The monoisotopic (exact) mass is 670 g/mol. The van der Waals surface area contributed by atoms with Gasteiger partial charge < -0.3 is 10.2 Å². The minimum atomic E-state index is -5.23. The van der Waals surface area contributed by atoms with E-state index in [1.165, 1.54) is 0 Å². The molecule has 0 fully saturated rings. The quantitative estimate of drug-likeness (QED) is 0.125. The van der Waals surface area contributed by atoms with Crippen LogP contribution in [0.4, 0.5) is 28.4 Å². The molecule has 17 heteroatoms. The lowest BCUT2D eigenvalue weighted by Gasteiger charge is -2.20. The highest BCUT2D eigenvalue weighted by atomic mass is 32.2. The van der Waals surface area contributed by atoms with Gasteiger partial charge in [0.15, 0.2) is 5.71 Å². The highest BCUT2D eigenvalue weighted by Gasteiger charge is 2.29.